The van der Waals surface area contributed by atoms with Crippen LogP contribution in [0.15, 0.2) is 18.2 Å². The fourth-order valence-corrected chi connectivity index (χ4v) is 2.16. The summed E-state index contributed by atoms with van der Waals surface area (Å²) in [6.45, 7) is 3.95. The van der Waals surface area contributed by atoms with Gasteiger partial charge in [-0.2, -0.15) is 0 Å². The summed E-state index contributed by atoms with van der Waals surface area (Å²) in [5.41, 5.74) is 1.55. The second-order valence-corrected chi connectivity index (χ2v) is 4.61. The lowest BCUT2D eigenvalue weighted by molar-refractivity contribution is 0.0851. The first kappa shape index (κ1) is 11.3. The summed E-state index contributed by atoms with van der Waals surface area (Å²) >= 11 is 0. The van der Waals surface area contributed by atoms with Crippen molar-refractivity contribution in [1.29, 1.82) is 0 Å². The molecule has 1 aliphatic rings. The monoisotopic (exact) mass is 218 g/mol. The molecule has 2 heterocycles. The van der Waals surface area contributed by atoms with Gasteiger partial charge >= 0.3 is 0 Å². The predicted molar refractivity (Wildman–Crippen MR) is 63.5 cm³/mol. The molecule has 16 heavy (non-hydrogen) atoms. The first-order valence-electron chi connectivity index (χ1n) is 5.83. The number of hydrogen-bond acceptors (Lipinski definition) is 3. The van der Waals surface area contributed by atoms with E-state index in [1.807, 2.05) is 25.1 Å². The molecule has 0 amide bonds. The van der Waals surface area contributed by atoms with E-state index in [1.54, 1.807) is 0 Å². The van der Waals surface area contributed by atoms with Gasteiger partial charge in [-0.3, -0.25) is 9.78 Å². The molecule has 1 aliphatic heterocycles. The van der Waals surface area contributed by atoms with E-state index in [9.17, 15) is 4.79 Å². The Morgan fingerprint density at radius 2 is 2.06 bits per heavy atom. The number of rotatable bonds is 2. The summed E-state index contributed by atoms with van der Waals surface area (Å²) < 4.78 is 0. The first-order valence-corrected chi connectivity index (χ1v) is 5.83. The molecule has 1 saturated heterocycles. The van der Waals surface area contributed by atoms with Gasteiger partial charge in [-0.25, -0.2) is 0 Å². The molecule has 0 spiro atoms. The fraction of sp³-hybridized carbons (Fsp3) is 0.538. The molecule has 0 saturated carbocycles. The summed E-state index contributed by atoms with van der Waals surface area (Å²) in [6, 6.07) is 5.66. The molecule has 1 aromatic rings. The van der Waals surface area contributed by atoms with Crippen LogP contribution in [0.4, 0.5) is 0 Å². The standard InChI is InChI=1S/C13H18N2O/c1-10-4-3-5-12(14-10)13(16)11-6-8-15(2)9-7-11/h3-5,11H,6-9H2,1-2H3. The van der Waals surface area contributed by atoms with Crippen LogP contribution in [-0.4, -0.2) is 35.8 Å². The average molecular weight is 218 g/mol. The van der Waals surface area contributed by atoms with Crippen molar-refractivity contribution in [1.82, 2.24) is 9.88 Å². The summed E-state index contributed by atoms with van der Waals surface area (Å²) in [7, 11) is 2.10. The van der Waals surface area contributed by atoms with Gasteiger partial charge in [-0.1, -0.05) is 6.07 Å². The Kier molecular flexibility index (Phi) is 3.34. The number of pyridine rings is 1. The van der Waals surface area contributed by atoms with Crippen molar-refractivity contribution in [3.8, 4) is 0 Å². The van der Waals surface area contributed by atoms with E-state index in [0.717, 1.165) is 31.6 Å². The highest BCUT2D eigenvalue weighted by molar-refractivity contribution is 5.96. The Morgan fingerprint density at radius 3 is 2.69 bits per heavy atom. The third-order valence-electron chi connectivity index (χ3n) is 3.23. The Hall–Kier alpha value is -1.22. The lowest BCUT2D eigenvalue weighted by Gasteiger charge is -2.27. The molecule has 3 heteroatoms. The van der Waals surface area contributed by atoms with Gasteiger partial charge in [0, 0.05) is 11.6 Å². The van der Waals surface area contributed by atoms with E-state index in [2.05, 4.69) is 16.9 Å². The number of nitrogens with zero attached hydrogens (tertiary/aromatic N) is 2. The Labute approximate surface area is 96.5 Å². The molecule has 0 atom stereocenters. The summed E-state index contributed by atoms with van der Waals surface area (Å²) in [5, 5.41) is 0. The van der Waals surface area contributed by atoms with Crippen molar-refractivity contribution < 1.29 is 4.79 Å². The zero-order chi connectivity index (χ0) is 11.5. The Balaban J connectivity index is 2.08. The van der Waals surface area contributed by atoms with E-state index in [0.29, 0.717) is 5.69 Å². The van der Waals surface area contributed by atoms with E-state index >= 15 is 0 Å². The zero-order valence-electron chi connectivity index (χ0n) is 9.94. The van der Waals surface area contributed by atoms with Gasteiger partial charge in [-0.05, 0) is 52.0 Å². The number of carbonyl (C=O) groups excluding carboxylic acids is 1. The Bertz CT molecular complexity index is 381. The SMILES string of the molecule is Cc1cccc(C(=O)C2CCN(C)CC2)n1. The lowest BCUT2D eigenvalue weighted by atomic mass is 9.91. The average Bonchev–Trinajstić information content (AvgIpc) is 2.29. The molecule has 0 unspecified atom stereocenters. The van der Waals surface area contributed by atoms with Crippen LogP contribution in [0.1, 0.15) is 29.0 Å². The van der Waals surface area contributed by atoms with Crippen LogP contribution in [0.3, 0.4) is 0 Å². The van der Waals surface area contributed by atoms with Crippen molar-refractivity contribution >= 4 is 5.78 Å². The number of ketones is 1. The second-order valence-electron chi connectivity index (χ2n) is 4.61. The van der Waals surface area contributed by atoms with Crippen LogP contribution in [-0.2, 0) is 0 Å². The number of Topliss-reactive ketones (excluding diaryl/α,β-unsaturated/α-hetero) is 1. The highest BCUT2D eigenvalue weighted by atomic mass is 16.1. The number of hydrogen-bond donors (Lipinski definition) is 0. The molecule has 0 aliphatic carbocycles. The molecule has 2 rings (SSSR count). The van der Waals surface area contributed by atoms with Gasteiger partial charge in [0.05, 0.1) is 0 Å². The zero-order valence-corrected chi connectivity index (χ0v) is 9.94. The van der Waals surface area contributed by atoms with E-state index in [1.165, 1.54) is 0 Å². The Morgan fingerprint density at radius 1 is 1.38 bits per heavy atom. The van der Waals surface area contributed by atoms with Crippen molar-refractivity contribution in [2.45, 2.75) is 19.8 Å². The van der Waals surface area contributed by atoms with Crippen LogP contribution in [0.25, 0.3) is 0 Å². The van der Waals surface area contributed by atoms with E-state index in [4.69, 9.17) is 0 Å². The minimum atomic E-state index is 0.172. The fourth-order valence-electron chi connectivity index (χ4n) is 2.16. The molecule has 0 bridgehead atoms. The minimum absolute atomic E-state index is 0.172. The molecule has 1 fully saturated rings. The number of carbonyl (C=O) groups is 1. The number of aromatic nitrogens is 1. The summed E-state index contributed by atoms with van der Waals surface area (Å²) in [6.07, 6.45) is 1.93. The molecule has 0 aromatic carbocycles. The number of aryl methyl sites for hydroxylation is 1. The van der Waals surface area contributed by atoms with Crippen LogP contribution in [0.5, 0.6) is 0 Å². The molecular weight excluding hydrogens is 200 g/mol. The predicted octanol–water partition coefficient (Wildman–Crippen LogP) is 1.91. The van der Waals surface area contributed by atoms with Crippen molar-refractivity contribution in [2.75, 3.05) is 20.1 Å². The maximum atomic E-state index is 12.2. The highest BCUT2D eigenvalue weighted by Gasteiger charge is 2.24. The second kappa shape index (κ2) is 4.74. The van der Waals surface area contributed by atoms with Gasteiger partial charge in [0.25, 0.3) is 0 Å². The lowest BCUT2D eigenvalue weighted by Crippen LogP contribution is -2.33. The minimum Gasteiger partial charge on any atom is -0.306 e. The van der Waals surface area contributed by atoms with Crippen molar-refractivity contribution in [2.24, 2.45) is 5.92 Å². The van der Waals surface area contributed by atoms with Gasteiger partial charge in [-0.15, -0.1) is 0 Å². The van der Waals surface area contributed by atoms with Crippen LogP contribution in [0.2, 0.25) is 0 Å². The van der Waals surface area contributed by atoms with Crippen molar-refractivity contribution in [3.63, 3.8) is 0 Å². The van der Waals surface area contributed by atoms with E-state index in [-0.39, 0.29) is 11.7 Å². The largest absolute Gasteiger partial charge is 0.306 e. The normalized spacial score (nSPS) is 18.6. The summed E-state index contributed by atoms with van der Waals surface area (Å²) in [4.78, 5) is 18.8. The van der Waals surface area contributed by atoms with Gasteiger partial charge in [0.1, 0.15) is 5.69 Å². The quantitative estimate of drug-likeness (QED) is 0.711. The third-order valence-corrected chi connectivity index (χ3v) is 3.23. The topological polar surface area (TPSA) is 33.2 Å². The van der Waals surface area contributed by atoms with Gasteiger partial charge < -0.3 is 4.90 Å². The van der Waals surface area contributed by atoms with Crippen LogP contribution < -0.4 is 0 Å². The maximum absolute atomic E-state index is 12.2. The number of piperidine rings is 1. The molecule has 1 aromatic heterocycles. The van der Waals surface area contributed by atoms with Gasteiger partial charge in [0.15, 0.2) is 5.78 Å². The number of likely N-dealkylation sites (tertiary alicyclic amines) is 1. The van der Waals surface area contributed by atoms with E-state index < -0.39 is 0 Å². The smallest absolute Gasteiger partial charge is 0.184 e. The molecule has 0 N–H and O–H groups in total. The highest BCUT2D eigenvalue weighted by Crippen LogP contribution is 2.20. The van der Waals surface area contributed by atoms with Crippen LogP contribution in [0, 0.1) is 12.8 Å². The first-order chi connectivity index (χ1) is 7.66. The third kappa shape index (κ3) is 2.47. The van der Waals surface area contributed by atoms with Crippen LogP contribution >= 0.6 is 0 Å². The van der Waals surface area contributed by atoms with Crippen molar-refractivity contribution in [3.05, 3.63) is 29.6 Å². The summed E-state index contributed by atoms with van der Waals surface area (Å²) in [5.74, 6) is 0.391. The molecule has 86 valence electrons. The molecule has 0 radical (unpaired) electrons. The maximum Gasteiger partial charge on any atom is 0.184 e. The molecular formula is C13H18N2O. The van der Waals surface area contributed by atoms with Gasteiger partial charge in [0.2, 0.25) is 0 Å². The molecule has 3 nitrogen and oxygen atoms in total.